The summed E-state index contributed by atoms with van der Waals surface area (Å²) in [7, 11) is 0. The third-order valence-electron chi connectivity index (χ3n) is 4.48. The molecule has 1 aliphatic heterocycles. The zero-order valence-electron chi connectivity index (χ0n) is 13.5. The maximum Gasteiger partial charge on any atom is 0.223 e. The number of aromatic hydroxyl groups is 1. The maximum absolute atomic E-state index is 12.0. The first-order chi connectivity index (χ1) is 11.1. The van der Waals surface area contributed by atoms with Gasteiger partial charge in [0.05, 0.1) is 5.69 Å². The van der Waals surface area contributed by atoms with E-state index in [-0.39, 0.29) is 11.2 Å². The molecular formula is C18H23N3O2. The molecule has 1 aliphatic rings. The van der Waals surface area contributed by atoms with Crippen molar-refractivity contribution in [3.05, 3.63) is 57.8 Å². The normalized spacial score (nSPS) is 15.7. The Kier molecular flexibility index (Phi) is 4.76. The van der Waals surface area contributed by atoms with E-state index < -0.39 is 0 Å². The van der Waals surface area contributed by atoms with Crippen LogP contribution in [0.25, 0.3) is 0 Å². The second-order valence-corrected chi connectivity index (χ2v) is 6.23. The molecule has 0 unspecified atom stereocenters. The Morgan fingerprint density at radius 3 is 2.70 bits per heavy atom. The van der Waals surface area contributed by atoms with Gasteiger partial charge < -0.3 is 9.67 Å². The number of pyridine rings is 2. The van der Waals surface area contributed by atoms with Gasteiger partial charge in [0.15, 0.2) is 5.75 Å². The van der Waals surface area contributed by atoms with E-state index in [0.717, 1.165) is 24.3 Å². The van der Waals surface area contributed by atoms with Gasteiger partial charge in [-0.3, -0.25) is 14.7 Å². The summed E-state index contributed by atoms with van der Waals surface area (Å²) in [4.78, 5) is 18.5. The zero-order valence-corrected chi connectivity index (χ0v) is 13.5. The second kappa shape index (κ2) is 6.96. The fraction of sp³-hybridized carbons (Fsp3) is 0.444. The molecule has 5 heteroatoms. The van der Waals surface area contributed by atoms with Gasteiger partial charge in [-0.2, -0.15) is 0 Å². The van der Waals surface area contributed by atoms with Crippen molar-refractivity contribution < 1.29 is 5.11 Å². The number of hydrogen-bond acceptors (Lipinski definition) is 4. The molecule has 0 aliphatic carbocycles. The SMILES string of the molecule is Cc1cc(=O)c(O)c(CN2CCCCC2)n1Cc1cccnc1. The van der Waals surface area contributed by atoms with E-state index in [2.05, 4.69) is 9.88 Å². The summed E-state index contributed by atoms with van der Waals surface area (Å²) in [6, 6.07) is 5.41. The average molecular weight is 313 g/mol. The second-order valence-electron chi connectivity index (χ2n) is 6.23. The standard InChI is InChI=1S/C18H23N3O2/c1-14-10-17(22)18(23)16(13-20-8-3-2-4-9-20)21(14)12-15-6-5-7-19-11-15/h5-7,10-11,23H,2-4,8-9,12-13H2,1H3. The molecule has 0 spiro atoms. The summed E-state index contributed by atoms with van der Waals surface area (Å²) in [5.74, 6) is -0.120. The number of aromatic nitrogens is 2. The quantitative estimate of drug-likeness (QED) is 0.941. The van der Waals surface area contributed by atoms with E-state index in [0.29, 0.717) is 18.8 Å². The molecule has 5 nitrogen and oxygen atoms in total. The Morgan fingerprint density at radius 2 is 2.00 bits per heavy atom. The first-order valence-corrected chi connectivity index (χ1v) is 8.18. The minimum absolute atomic E-state index is 0.120. The summed E-state index contributed by atoms with van der Waals surface area (Å²) < 4.78 is 2.03. The Labute approximate surface area is 136 Å². The molecule has 0 amide bonds. The van der Waals surface area contributed by atoms with Crippen molar-refractivity contribution in [1.29, 1.82) is 0 Å². The molecule has 122 valence electrons. The molecule has 3 heterocycles. The molecule has 1 fully saturated rings. The number of aryl methyl sites for hydroxylation is 1. The number of piperidine rings is 1. The summed E-state index contributed by atoms with van der Waals surface area (Å²) >= 11 is 0. The van der Waals surface area contributed by atoms with Crippen LogP contribution in [0.3, 0.4) is 0 Å². The molecule has 0 aromatic carbocycles. The lowest BCUT2D eigenvalue weighted by Gasteiger charge is -2.28. The Bertz CT molecular complexity index is 719. The van der Waals surface area contributed by atoms with Crippen molar-refractivity contribution in [2.45, 2.75) is 39.3 Å². The van der Waals surface area contributed by atoms with Crippen LogP contribution in [-0.2, 0) is 13.1 Å². The van der Waals surface area contributed by atoms with E-state index in [1.807, 2.05) is 29.8 Å². The third kappa shape index (κ3) is 3.62. The van der Waals surface area contributed by atoms with Crippen molar-refractivity contribution >= 4 is 0 Å². The lowest BCUT2D eigenvalue weighted by molar-refractivity contribution is 0.212. The lowest BCUT2D eigenvalue weighted by Crippen LogP contribution is -2.31. The van der Waals surface area contributed by atoms with Crippen LogP contribution in [0.15, 0.2) is 35.4 Å². The highest BCUT2D eigenvalue weighted by molar-refractivity contribution is 5.31. The van der Waals surface area contributed by atoms with Crippen molar-refractivity contribution in [3.63, 3.8) is 0 Å². The lowest BCUT2D eigenvalue weighted by atomic mass is 10.1. The van der Waals surface area contributed by atoms with Gasteiger partial charge in [-0.15, -0.1) is 0 Å². The van der Waals surface area contributed by atoms with E-state index in [9.17, 15) is 9.90 Å². The number of nitrogens with zero attached hydrogens (tertiary/aromatic N) is 3. The largest absolute Gasteiger partial charge is 0.503 e. The van der Waals surface area contributed by atoms with Crippen molar-refractivity contribution in [1.82, 2.24) is 14.5 Å². The van der Waals surface area contributed by atoms with Gasteiger partial charge in [0.25, 0.3) is 0 Å². The predicted molar refractivity (Wildman–Crippen MR) is 89.6 cm³/mol. The molecule has 0 radical (unpaired) electrons. The van der Waals surface area contributed by atoms with Gasteiger partial charge >= 0.3 is 0 Å². The van der Waals surface area contributed by atoms with Crippen LogP contribution >= 0.6 is 0 Å². The van der Waals surface area contributed by atoms with Gasteiger partial charge in [-0.25, -0.2) is 0 Å². The molecule has 0 saturated carbocycles. The molecular weight excluding hydrogens is 290 g/mol. The summed E-state index contributed by atoms with van der Waals surface area (Å²) in [6.45, 7) is 5.18. The summed E-state index contributed by atoms with van der Waals surface area (Å²) in [5, 5.41) is 10.3. The molecule has 0 bridgehead atoms. The first-order valence-electron chi connectivity index (χ1n) is 8.18. The molecule has 23 heavy (non-hydrogen) atoms. The fourth-order valence-electron chi connectivity index (χ4n) is 3.20. The average Bonchev–Trinajstić information content (AvgIpc) is 2.58. The van der Waals surface area contributed by atoms with E-state index in [1.54, 1.807) is 6.20 Å². The number of rotatable bonds is 4. The highest BCUT2D eigenvalue weighted by Crippen LogP contribution is 2.20. The molecule has 2 aromatic rings. The van der Waals surface area contributed by atoms with E-state index >= 15 is 0 Å². The Balaban J connectivity index is 1.96. The number of likely N-dealkylation sites (tertiary alicyclic amines) is 1. The van der Waals surface area contributed by atoms with Gasteiger partial charge in [0.2, 0.25) is 5.43 Å². The first kappa shape index (κ1) is 15.7. The molecule has 1 saturated heterocycles. The fourth-order valence-corrected chi connectivity index (χ4v) is 3.20. The minimum Gasteiger partial charge on any atom is -0.503 e. The predicted octanol–water partition coefficient (Wildman–Crippen LogP) is 2.29. The highest BCUT2D eigenvalue weighted by Gasteiger charge is 2.18. The molecule has 2 aromatic heterocycles. The topological polar surface area (TPSA) is 58.4 Å². The van der Waals surface area contributed by atoms with Gasteiger partial charge in [-0.05, 0) is 44.5 Å². The van der Waals surface area contributed by atoms with Crippen LogP contribution in [-0.4, -0.2) is 32.6 Å². The van der Waals surface area contributed by atoms with Gasteiger partial charge in [-0.1, -0.05) is 12.5 Å². The Hall–Kier alpha value is -2.14. The highest BCUT2D eigenvalue weighted by atomic mass is 16.3. The van der Waals surface area contributed by atoms with Crippen molar-refractivity contribution in [2.75, 3.05) is 13.1 Å². The van der Waals surface area contributed by atoms with Crippen LogP contribution in [0.4, 0.5) is 0 Å². The minimum atomic E-state index is -0.294. The van der Waals surface area contributed by atoms with Gasteiger partial charge in [0, 0.05) is 37.2 Å². The third-order valence-corrected chi connectivity index (χ3v) is 4.48. The van der Waals surface area contributed by atoms with Crippen LogP contribution in [0, 0.1) is 6.92 Å². The zero-order chi connectivity index (χ0) is 16.2. The Morgan fingerprint density at radius 1 is 1.22 bits per heavy atom. The van der Waals surface area contributed by atoms with Crippen molar-refractivity contribution in [3.8, 4) is 5.75 Å². The summed E-state index contributed by atoms with van der Waals surface area (Å²) in [5.41, 5.74) is 2.33. The molecule has 1 N–H and O–H groups in total. The van der Waals surface area contributed by atoms with E-state index in [4.69, 9.17) is 0 Å². The van der Waals surface area contributed by atoms with E-state index in [1.165, 1.54) is 25.3 Å². The smallest absolute Gasteiger partial charge is 0.223 e. The van der Waals surface area contributed by atoms with Crippen molar-refractivity contribution in [2.24, 2.45) is 0 Å². The maximum atomic E-state index is 12.0. The van der Waals surface area contributed by atoms with Crippen LogP contribution < -0.4 is 5.43 Å². The van der Waals surface area contributed by atoms with Crippen LogP contribution in [0.5, 0.6) is 5.75 Å². The molecule has 3 rings (SSSR count). The number of hydrogen-bond donors (Lipinski definition) is 1. The monoisotopic (exact) mass is 313 g/mol. The molecule has 0 atom stereocenters. The van der Waals surface area contributed by atoms with Crippen LogP contribution in [0.2, 0.25) is 0 Å². The summed E-state index contributed by atoms with van der Waals surface area (Å²) in [6.07, 6.45) is 7.19. The van der Waals surface area contributed by atoms with Gasteiger partial charge in [0.1, 0.15) is 0 Å². The van der Waals surface area contributed by atoms with Crippen LogP contribution in [0.1, 0.15) is 36.2 Å².